The fraction of sp³-hybridized carbons (Fsp3) is 0.108. The van der Waals surface area contributed by atoms with Gasteiger partial charge >= 0.3 is 42.1 Å². The molecule has 7 aromatic carbocycles. The van der Waals surface area contributed by atoms with Gasteiger partial charge in [-0.25, -0.2) is 22.1 Å². The van der Waals surface area contributed by atoms with E-state index in [4.69, 9.17) is 9.97 Å². The second-order valence-electron chi connectivity index (χ2n) is 22.3. The molecule has 84 heavy (non-hydrogen) atoms. The van der Waals surface area contributed by atoms with Crippen LogP contribution < -0.4 is 14.7 Å². The maximum atomic E-state index is 5.39. The first-order valence-corrected chi connectivity index (χ1v) is 28.0. The third kappa shape index (κ3) is 8.89. The average Bonchev–Trinajstić information content (AvgIpc) is 1.53. The van der Waals surface area contributed by atoms with Crippen LogP contribution in [0.2, 0.25) is 0 Å². The van der Waals surface area contributed by atoms with Crippen LogP contribution in [-0.4, -0.2) is 30.5 Å². The van der Waals surface area contributed by atoms with Gasteiger partial charge < -0.3 is 29.2 Å². The van der Waals surface area contributed by atoms with E-state index in [1.54, 1.807) is 0 Å². The summed E-state index contributed by atoms with van der Waals surface area (Å²) in [6.07, 6.45) is 13.7. The Hall–Kier alpha value is -8.80. The molecule has 2 atom stereocenters. The molecule has 12 aromatic rings. The van der Waals surface area contributed by atoms with Crippen molar-refractivity contribution in [1.82, 2.24) is 24.5 Å². The minimum atomic E-state index is -0.209. The van der Waals surface area contributed by atoms with Crippen LogP contribution in [0.15, 0.2) is 243 Å². The van der Waals surface area contributed by atoms with Crippen LogP contribution >= 0.6 is 0 Å². The SMILES string of the molecule is CC1(C)c2ccc(-c3ccccn3)[c-]c2N(c2ccc3c4ccccc4n(-c4[c-]cccc4)c3n2)c2ccccc21.CC1(C)c2ccc(-c3ccccn3)[c-]c2N(c2cccc(N3c4ccccc4C4C=CC=[C-]C43)n2)c2ccccc21.[Pt+2].[Pt+2]. The number of anilines is 8. The van der Waals surface area contributed by atoms with E-state index < -0.39 is 0 Å². The first kappa shape index (κ1) is 54.4. The summed E-state index contributed by atoms with van der Waals surface area (Å²) in [4.78, 5) is 26.8. The molecule has 16 rings (SSSR count). The topological polar surface area (TPSA) is 66.2 Å². The molecule has 8 heterocycles. The van der Waals surface area contributed by atoms with E-state index in [2.05, 4.69) is 251 Å². The quantitative estimate of drug-likeness (QED) is 0.154. The molecule has 1 aliphatic carbocycles. The van der Waals surface area contributed by atoms with E-state index >= 15 is 0 Å². The number of rotatable bonds is 6. The smallest absolute Gasteiger partial charge is 0.336 e. The summed E-state index contributed by atoms with van der Waals surface area (Å²) in [6, 6.07) is 84.9. The second-order valence-corrected chi connectivity index (χ2v) is 22.3. The number of nitrogens with zero attached hydrogens (tertiary/aromatic N) is 8. The van der Waals surface area contributed by atoms with Gasteiger partial charge in [-0.3, -0.25) is 6.08 Å². The third-order valence-electron chi connectivity index (χ3n) is 16.9. The molecule has 10 heteroatoms. The van der Waals surface area contributed by atoms with Gasteiger partial charge in [-0.15, -0.1) is 53.6 Å². The van der Waals surface area contributed by atoms with Crippen LogP contribution in [-0.2, 0) is 53.0 Å². The van der Waals surface area contributed by atoms with Gasteiger partial charge in [-0.05, 0) is 123 Å². The molecule has 0 amide bonds. The Morgan fingerprint density at radius 3 is 1.67 bits per heavy atom. The van der Waals surface area contributed by atoms with Crippen LogP contribution in [0.25, 0.3) is 50.1 Å². The van der Waals surface area contributed by atoms with Crippen LogP contribution in [0.4, 0.5) is 45.9 Å². The predicted octanol–water partition coefficient (Wildman–Crippen LogP) is 17.5. The van der Waals surface area contributed by atoms with Crippen molar-refractivity contribution in [3.8, 4) is 28.2 Å². The summed E-state index contributed by atoms with van der Waals surface area (Å²) < 4.78 is 2.21. The van der Waals surface area contributed by atoms with Crippen LogP contribution in [0.3, 0.4) is 0 Å². The minimum Gasteiger partial charge on any atom is -0.336 e. The van der Waals surface area contributed by atoms with Gasteiger partial charge in [0.05, 0.1) is 5.52 Å². The van der Waals surface area contributed by atoms with Gasteiger partial charge in [0.1, 0.15) is 23.1 Å². The Morgan fingerprint density at radius 2 is 1.04 bits per heavy atom. The van der Waals surface area contributed by atoms with Gasteiger partial charge in [0.2, 0.25) is 0 Å². The summed E-state index contributed by atoms with van der Waals surface area (Å²) in [6.45, 7) is 9.16. The van der Waals surface area contributed by atoms with E-state index in [1.165, 1.54) is 38.9 Å². The minimum absolute atomic E-state index is 0. The molecule has 410 valence electrons. The molecule has 0 spiro atoms. The molecule has 0 radical (unpaired) electrons. The molecular weight excluding hydrogens is 1390 g/mol. The maximum absolute atomic E-state index is 5.39. The third-order valence-corrected chi connectivity index (χ3v) is 16.9. The van der Waals surface area contributed by atoms with Gasteiger partial charge in [0, 0.05) is 40.2 Å². The fourth-order valence-corrected chi connectivity index (χ4v) is 12.9. The van der Waals surface area contributed by atoms with Crippen LogP contribution in [0.1, 0.15) is 61.4 Å². The first-order chi connectivity index (χ1) is 40.2. The average molecular weight is 1450 g/mol. The largest absolute Gasteiger partial charge is 2.00 e. The number of benzene rings is 7. The van der Waals surface area contributed by atoms with Crippen molar-refractivity contribution in [3.05, 3.63) is 295 Å². The van der Waals surface area contributed by atoms with Gasteiger partial charge in [0.15, 0.2) is 0 Å². The van der Waals surface area contributed by atoms with Gasteiger partial charge in [0.25, 0.3) is 0 Å². The van der Waals surface area contributed by atoms with E-state index in [9.17, 15) is 0 Å². The maximum Gasteiger partial charge on any atom is 2.00 e. The molecule has 8 nitrogen and oxygen atoms in total. The Labute approximate surface area is 519 Å². The number of para-hydroxylation sites is 5. The summed E-state index contributed by atoms with van der Waals surface area (Å²) >= 11 is 0. The molecule has 0 bridgehead atoms. The van der Waals surface area contributed by atoms with Gasteiger partial charge in [-0.1, -0.05) is 148 Å². The molecule has 4 aliphatic rings. The molecule has 0 fully saturated rings. The monoisotopic (exact) mass is 1440 g/mol. The van der Waals surface area contributed by atoms with Crippen LogP contribution in [0, 0.1) is 24.3 Å². The molecule has 0 N–H and O–H groups in total. The second kappa shape index (κ2) is 21.7. The number of allylic oxidation sites excluding steroid dienone is 2. The molecular formula is C74H54N8Pt2. The van der Waals surface area contributed by atoms with E-state index in [0.29, 0.717) is 0 Å². The van der Waals surface area contributed by atoms with E-state index in [-0.39, 0.29) is 64.9 Å². The molecule has 0 saturated heterocycles. The van der Waals surface area contributed by atoms with Crippen molar-refractivity contribution in [2.45, 2.75) is 50.5 Å². The Bertz CT molecular complexity index is 4520. The Kier molecular flexibility index (Phi) is 14.1. The Morgan fingerprint density at radius 1 is 0.464 bits per heavy atom. The summed E-state index contributed by atoms with van der Waals surface area (Å²) in [7, 11) is 0. The number of pyridine rings is 4. The first-order valence-electron chi connectivity index (χ1n) is 28.0. The Balaban J connectivity index is 0.000000153. The zero-order chi connectivity index (χ0) is 55.1. The van der Waals surface area contributed by atoms with E-state index in [1.807, 2.05) is 73.1 Å². The number of hydrogen-bond donors (Lipinski definition) is 0. The number of aromatic nitrogens is 5. The van der Waals surface area contributed by atoms with Crippen LogP contribution in [0.5, 0.6) is 0 Å². The fourth-order valence-electron chi connectivity index (χ4n) is 12.9. The molecule has 2 unspecified atom stereocenters. The zero-order valence-electron chi connectivity index (χ0n) is 46.5. The van der Waals surface area contributed by atoms with Crippen molar-refractivity contribution in [2.24, 2.45) is 0 Å². The molecule has 0 saturated carbocycles. The van der Waals surface area contributed by atoms with Crippen molar-refractivity contribution >= 4 is 67.8 Å². The summed E-state index contributed by atoms with van der Waals surface area (Å²) in [5.41, 5.74) is 18.0. The number of hydrogen-bond acceptors (Lipinski definition) is 7. The van der Waals surface area contributed by atoms with E-state index in [0.717, 1.165) is 85.0 Å². The summed E-state index contributed by atoms with van der Waals surface area (Å²) in [5.74, 6) is 2.87. The molecule has 5 aromatic heterocycles. The normalized spacial score (nSPS) is 16.2. The predicted molar refractivity (Wildman–Crippen MR) is 331 cm³/mol. The van der Waals surface area contributed by atoms with Crippen molar-refractivity contribution in [1.29, 1.82) is 0 Å². The van der Waals surface area contributed by atoms with Crippen molar-refractivity contribution in [3.63, 3.8) is 0 Å². The number of fused-ring (bicyclic) bond motifs is 10. The summed E-state index contributed by atoms with van der Waals surface area (Å²) in [5, 5.41) is 2.28. The zero-order valence-corrected chi connectivity index (χ0v) is 51.0. The molecule has 3 aliphatic heterocycles. The van der Waals surface area contributed by atoms with Crippen molar-refractivity contribution in [2.75, 3.05) is 14.7 Å². The van der Waals surface area contributed by atoms with Crippen molar-refractivity contribution < 1.29 is 42.1 Å². The van der Waals surface area contributed by atoms with Gasteiger partial charge in [-0.2, -0.15) is 30.3 Å². The standard InChI is InChI=1S/C37H28N4.C37H26N4.2Pt/c1-37(2)28-14-5-8-18-33(28)41(34-24-25(21-22-29(34)37)30-15-9-10-23-38-30)36-20-11-19-35(39-36)40-31-16-6-3-12-26(31)27-13-4-7-17-32(27)40;1-37(2)29-15-7-9-18-33(29)41(34-24-25(19-21-30(34)37)31-16-10-11-23-38-31)35-22-20-28-27-14-6-8-17-32(27)40(36(28)39-35)26-12-4-3-5-13-26;;/h3-16,18-23,27,32H,1-2H3;3-12,14-23H,1-2H3;;/q2*-2;2*+2.